The van der Waals surface area contributed by atoms with Gasteiger partial charge in [-0.2, -0.15) is 5.10 Å². The summed E-state index contributed by atoms with van der Waals surface area (Å²) in [5, 5.41) is 21.6. The summed E-state index contributed by atoms with van der Waals surface area (Å²) in [6.45, 7) is 0. The molecule has 0 atom stereocenters. The molecule has 0 spiro atoms. The maximum absolute atomic E-state index is 15.0. The molecule has 208 valence electrons. The van der Waals surface area contributed by atoms with E-state index in [2.05, 4.69) is 4.98 Å². The van der Waals surface area contributed by atoms with Crippen molar-refractivity contribution in [2.75, 3.05) is 0 Å². The zero-order valence-electron chi connectivity index (χ0n) is 21.7. The second-order valence-corrected chi connectivity index (χ2v) is 12.5. The van der Waals surface area contributed by atoms with Crippen LogP contribution in [0.15, 0.2) is 83.1 Å². The normalized spacial score (nSPS) is 13.4. The Labute approximate surface area is 240 Å². The molecule has 3 N–H and O–H groups in total. The largest absolute Gasteiger partial charge is 0.476 e. The summed E-state index contributed by atoms with van der Waals surface area (Å²) in [6, 6.07) is 20.5. The van der Waals surface area contributed by atoms with Gasteiger partial charge in [0.15, 0.2) is 5.69 Å². The van der Waals surface area contributed by atoms with Gasteiger partial charge in [-0.3, -0.25) is 0 Å². The number of primary sulfonamides is 1. The first-order valence-electron chi connectivity index (χ1n) is 12.9. The molecule has 5 aromatic rings. The Morgan fingerprint density at radius 3 is 2.41 bits per heavy atom. The number of hydrogen-bond acceptors (Lipinski definition) is 6. The Morgan fingerprint density at radius 1 is 1.05 bits per heavy atom. The van der Waals surface area contributed by atoms with Gasteiger partial charge >= 0.3 is 5.97 Å². The Balaban J connectivity index is 1.53. The first kappa shape index (κ1) is 27.0. The number of hydrogen-bond donors (Lipinski definition) is 2. The second-order valence-electron chi connectivity index (χ2n) is 10.1. The molecule has 0 amide bonds. The van der Waals surface area contributed by atoms with Crippen LogP contribution < -0.4 is 5.14 Å². The van der Waals surface area contributed by atoms with Crippen molar-refractivity contribution < 1.29 is 22.7 Å². The zero-order chi connectivity index (χ0) is 28.7. The van der Waals surface area contributed by atoms with Gasteiger partial charge in [-0.05, 0) is 66.6 Å². The van der Waals surface area contributed by atoms with Crippen LogP contribution in [0.1, 0.15) is 40.2 Å². The molecule has 0 radical (unpaired) electrons. The standard InChI is InChI=1S/C30H25FN4O4S2/c31-25-13-10-21(16-23(25)20-4-2-1-3-5-20)28-24(14-18-8-11-22(12-9-18)41(32,38)39)27(15-19-6-7-19)35(34-28)30-33-26(17-40-30)29(36)37/h1-5,8-13,16-17,19H,6-7,14-15H2,(H,36,37)(H2,32,38,39). The lowest BCUT2D eigenvalue weighted by Gasteiger charge is -2.10. The molecule has 3 aromatic carbocycles. The van der Waals surface area contributed by atoms with Gasteiger partial charge in [0.25, 0.3) is 0 Å². The van der Waals surface area contributed by atoms with E-state index in [-0.39, 0.29) is 16.4 Å². The van der Waals surface area contributed by atoms with Crippen molar-refractivity contribution in [3.63, 3.8) is 0 Å². The van der Waals surface area contributed by atoms with Gasteiger partial charge in [-0.1, -0.05) is 42.5 Å². The summed E-state index contributed by atoms with van der Waals surface area (Å²) < 4.78 is 40.3. The molecule has 2 heterocycles. The fourth-order valence-electron chi connectivity index (χ4n) is 4.84. The lowest BCUT2D eigenvalue weighted by molar-refractivity contribution is 0.0691. The van der Waals surface area contributed by atoms with Crippen LogP contribution in [-0.4, -0.2) is 34.3 Å². The predicted molar refractivity (Wildman–Crippen MR) is 154 cm³/mol. The van der Waals surface area contributed by atoms with Gasteiger partial charge in [-0.15, -0.1) is 11.3 Å². The summed E-state index contributed by atoms with van der Waals surface area (Å²) in [5.41, 5.74) is 5.06. The van der Waals surface area contributed by atoms with Crippen LogP contribution in [-0.2, 0) is 22.9 Å². The molecular weight excluding hydrogens is 563 g/mol. The van der Waals surface area contributed by atoms with Crippen LogP contribution in [0.5, 0.6) is 0 Å². The number of aromatic carboxylic acids is 1. The summed E-state index contributed by atoms with van der Waals surface area (Å²) in [6.07, 6.45) is 3.29. The van der Waals surface area contributed by atoms with Crippen LogP contribution in [0, 0.1) is 11.7 Å². The lowest BCUT2D eigenvalue weighted by Crippen LogP contribution is -2.12. The molecule has 1 aliphatic rings. The summed E-state index contributed by atoms with van der Waals surface area (Å²) in [4.78, 5) is 15.9. The van der Waals surface area contributed by atoms with Crippen molar-refractivity contribution in [1.29, 1.82) is 0 Å². The quantitative estimate of drug-likeness (QED) is 0.228. The van der Waals surface area contributed by atoms with E-state index in [1.807, 2.05) is 30.3 Å². The molecule has 41 heavy (non-hydrogen) atoms. The van der Waals surface area contributed by atoms with Gasteiger partial charge in [0.05, 0.1) is 16.3 Å². The number of carboxylic acid groups (broad SMARTS) is 1. The maximum atomic E-state index is 15.0. The number of halogens is 1. The minimum Gasteiger partial charge on any atom is -0.476 e. The highest BCUT2D eigenvalue weighted by Gasteiger charge is 2.29. The SMILES string of the molecule is NS(=O)(=O)c1ccc(Cc2c(-c3ccc(F)c(-c4ccccc4)c3)nn(-c3nc(C(=O)O)cs3)c2CC2CC2)cc1. The monoisotopic (exact) mass is 588 g/mol. The third-order valence-electron chi connectivity index (χ3n) is 7.12. The maximum Gasteiger partial charge on any atom is 0.355 e. The third kappa shape index (κ3) is 5.69. The van der Waals surface area contributed by atoms with E-state index in [1.54, 1.807) is 28.9 Å². The van der Waals surface area contributed by atoms with Crippen molar-refractivity contribution in [1.82, 2.24) is 14.8 Å². The Morgan fingerprint density at radius 2 is 1.78 bits per heavy atom. The van der Waals surface area contributed by atoms with Crippen LogP contribution in [0.3, 0.4) is 0 Å². The molecule has 1 aliphatic carbocycles. The number of carbonyl (C=O) groups is 1. The van der Waals surface area contributed by atoms with Crippen molar-refractivity contribution in [2.24, 2.45) is 11.1 Å². The van der Waals surface area contributed by atoms with E-state index < -0.39 is 16.0 Å². The minimum absolute atomic E-state index is 0.0189. The van der Waals surface area contributed by atoms with Gasteiger partial charge in [0.2, 0.25) is 15.2 Å². The molecule has 0 unspecified atom stereocenters. The number of thiazole rings is 1. The Hall–Kier alpha value is -4.19. The first-order chi connectivity index (χ1) is 19.7. The number of aromatic nitrogens is 3. The molecule has 11 heteroatoms. The molecule has 1 saturated carbocycles. The van der Waals surface area contributed by atoms with Crippen LogP contribution in [0.4, 0.5) is 4.39 Å². The van der Waals surface area contributed by atoms with Crippen LogP contribution in [0.25, 0.3) is 27.5 Å². The number of sulfonamides is 1. The summed E-state index contributed by atoms with van der Waals surface area (Å²) in [5.74, 6) is -1.01. The Kier molecular flexibility index (Phi) is 7.02. The van der Waals surface area contributed by atoms with Crippen molar-refractivity contribution in [3.05, 3.63) is 107 Å². The number of rotatable bonds is 9. The molecule has 1 fully saturated rings. The molecule has 0 bridgehead atoms. The van der Waals surface area contributed by atoms with E-state index in [1.165, 1.54) is 34.9 Å². The number of benzene rings is 3. The van der Waals surface area contributed by atoms with Crippen LogP contribution >= 0.6 is 11.3 Å². The topological polar surface area (TPSA) is 128 Å². The fourth-order valence-corrected chi connectivity index (χ4v) is 6.13. The highest BCUT2D eigenvalue weighted by Crippen LogP contribution is 2.39. The first-order valence-corrected chi connectivity index (χ1v) is 15.4. The molecule has 0 saturated heterocycles. The van der Waals surface area contributed by atoms with E-state index in [4.69, 9.17) is 10.2 Å². The third-order valence-corrected chi connectivity index (χ3v) is 8.86. The second kappa shape index (κ2) is 10.7. The average Bonchev–Trinajstić information content (AvgIpc) is 3.51. The number of nitrogens with two attached hydrogens (primary N) is 1. The van der Waals surface area contributed by atoms with Gasteiger partial charge in [0, 0.05) is 28.5 Å². The van der Waals surface area contributed by atoms with Crippen LogP contribution in [0.2, 0.25) is 0 Å². The van der Waals surface area contributed by atoms with Gasteiger partial charge < -0.3 is 5.11 Å². The highest BCUT2D eigenvalue weighted by molar-refractivity contribution is 7.89. The molecule has 0 aliphatic heterocycles. The van der Waals surface area contributed by atoms with Gasteiger partial charge in [0.1, 0.15) is 5.82 Å². The Bertz CT molecular complexity index is 1860. The average molecular weight is 589 g/mol. The number of nitrogens with zero attached hydrogens (tertiary/aromatic N) is 3. The summed E-state index contributed by atoms with van der Waals surface area (Å²) in [7, 11) is -3.84. The molecule has 6 rings (SSSR count). The fraction of sp³-hybridized carbons (Fsp3) is 0.167. The minimum atomic E-state index is -3.84. The zero-order valence-corrected chi connectivity index (χ0v) is 23.3. The molecule has 2 aromatic heterocycles. The van der Waals surface area contributed by atoms with E-state index in [0.29, 0.717) is 40.7 Å². The lowest BCUT2D eigenvalue weighted by atomic mass is 9.95. The summed E-state index contributed by atoms with van der Waals surface area (Å²) >= 11 is 1.19. The van der Waals surface area contributed by atoms with Crippen molar-refractivity contribution in [2.45, 2.75) is 30.6 Å². The smallest absolute Gasteiger partial charge is 0.355 e. The van der Waals surface area contributed by atoms with Crippen molar-refractivity contribution >= 4 is 27.3 Å². The van der Waals surface area contributed by atoms with Gasteiger partial charge in [-0.25, -0.2) is 32.4 Å². The molecular formula is C30H25FN4O4S2. The molecule has 8 nitrogen and oxygen atoms in total. The van der Waals surface area contributed by atoms with E-state index in [0.717, 1.165) is 35.2 Å². The highest BCUT2D eigenvalue weighted by atomic mass is 32.2. The van der Waals surface area contributed by atoms with Crippen molar-refractivity contribution in [3.8, 4) is 27.5 Å². The predicted octanol–water partition coefficient (Wildman–Crippen LogP) is 5.69. The van der Waals surface area contributed by atoms with E-state index >= 15 is 4.39 Å². The van der Waals surface area contributed by atoms with E-state index in [9.17, 15) is 18.3 Å². The number of carboxylic acids is 1.